The van der Waals surface area contributed by atoms with Crippen molar-refractivity contribution >= 4 is 5.97 Å². The summed E-state index contributed by atoms with van der Waals surface area (Å²) in [5.41, 5.74) is 0. The van der Waals surface area contributed by atoms with Gasteiger partial charge in [0.05, 0.1) is 26.4 Å². The van der Waals surface area contributed by atoms with Gasteiger partial charge in [-0.2, -0.15) is 10.1 Å². The van der Waals surface area contributed by atoms with Crippen LogP contribution in [-0.4, -0.2) is 151 Å². The van der Waals surface area contributed by atoms with Crippen molar-refractivity contribution < 1.29 is 19.2 Å². The third-order valence-corrected chi connectivity index (χ3v) is 5.29. The van der Waals surface area contributed by atoms with E-state index in [1.807, 2.05) is 35.1 Å². The third kappa shape index (κ3) is 15.9. The summed E-state index contributed by atoms with van der Waals surface area (Å²) in [4.78, 5) is 30.4. The van der Waals surface area contributed by atoms with Crippen LogP contribution in [0.2, 0.25) is 0 Å². The second-order valence-corrected chi connectivity index (χ2v) is 8.51. The Morgan fingerprint density at radius 3 is 1.91 bits per heavy atom. The maximum atomic E-state index is 12.0. The molecule has 32 heavy (non-hydrogen) atoms. The van der Waals surface area contributed by atoms with E-state index in [-0.39, 0.29) is 5.97 Å². The Kier molecular flexibility index (Phi) is 16.9. The van der Waals surface area contributed by atoms with Crippen LogP contribution in [0, 0.1) is 0 Å². The van der Waals surface area contributed by atoms with Gasteiger partial charge in [-0.1, -0.05) is 0 Å². The van der Waals surface area contributed by atoms with E-state index >= 15 is 0 Å². The Morgan fingerprint density at radius 2 is 1.34 bits per heavy atom. The summed E-state index contributed by atoms with van der Waals surface area (Å²) >= 11 is 0. The molecule has 0 aromatic heterocycles. The first-order valence-electron chi connectivity index (χ1n) is 12.0. The summed E-state index contributed by atoms with van der Waals surface area (Å²) in [5, 5.41) is 7.04. The van der Waals surface area contributed by atoms with Gasteiger partial charge in [0, 0.05) is 74.0 Å². The van der Waals surface area contributed by atoms with Gasteiger partial charge in [-0.05, 0) is 39.4 Å². The first kappa shape index (κ1) is 29.2. The lowest BCUT2D eigenvalue weighted by molar-refractivity contribution is -0.144. The minimum atomic E-state index is -0.138. The highest BCUT2D eigenvalue weighted by molar-refractivity contribution is 5.71. The highest BCUT2D eigenvalue weighted by atomic mass is 16.7. The van der Waals surface area contributed by atoms with Crippen LogP contribution in [-0.2, 0) is 19.2 Å². The number of rotatable bonds is 11. The Balaban J connectivity index is 2.65. The summed E-state index contributed by atoms with van der Waals surface area (Å²) < 4.78 is 5.16. The van der Waals surface area contributed by atoms with Gasteiger partial charge in [-0.15, -0.1) is 0 Å². The van der Waals surface area contributed by atoms with Crippen LogP contribution in [0.3, 0.4) is 0 Å². The van der Waals surface area contributed by atoms with Crippen molar-refractivity contribution in [3.63, 3.8) is 0 Å². The molecular formula is C22H48N6O4. The average Bonchev–Trinajstić information content (AvgIpc) is 2.72. The largest absolute Gasteiger partial charge is 0.465 e. The average molecular weight is 461 g/mol. The molecule has 1 N–H and O–H groups in total. The number of esters is 1. The Labute approximate surface area is 195 Å². The summed E-state index contributed by atoms with van der Waals surface area (Å²) in [5.74, 6) is -0.138. The predicted molar refractivity (Wildman–Crippen MR) is 127 cm³/mol. The quantitative estimate of drug-likeness (QED) is 0.332. The molecular weight excluding hydrogens is 412 g/mol. The van der Waals surface area contributed by atoms with Gasteiger partial charge in [0.15, 0.2) is 0 Å². The molecule has 0 unspecified atom stereocenters. The maximum Gasteiger partial charge on any atom is 0.320 e. The molecule has 1 aliphatic rings. The highest BCUT2D eigenvalue weighted by Gasteiger charge is 2.15. The molecule has 1 fully saturated rings. The molecule has 0 aromatic rings. The summed E-state index contributed by atoms with van der Waals surface area (Å²) in [6.07, 6.45) is 2.09. The number of nitrogens with one attached hydrogen (secondary N) is 1. The molecule has 1 heterocycles. The third-order valence-electron chi connectivity index (χ3n) is 5.29. The molecule has 1 aliphatic heterocycles. The lowest BCUT2D eigenvalue weighted by Gasteiger charge is -2.30. The monoisotopic (exact) mass is 460 g/mol. The van der Waals surface area contributed by atoms with Crippen molar-refractivity contribution in [1.82, 2.24) is 30.1 Å². The van der Waals surface area contributed by atoms with Gasteiger partial charge in [0.2, 0.25) is 0 Å². The van der Waals surface area contributed by atoms with Crippen LogP contribution in [0.15, 0.2) is 0 Å². The first-order chi connectivity index (χ1) is 15.4. The Hall–Kier alpha value is -0.850. The molecule has 0 bridgehead atoms. The van der Waals surface area contributed by atoms with E-state index in [2.05, 4.69) is 20.0 Å². The molecule has 0 amide bonds. The summed E-state index contributed by atoms with van der Waals surface area (Å²) in [7, 11) is 7.67. The van der Waals surface area contributed by atoms with Crippen LogP contribution >= 0.6 is 0 Å². The summed E-state index contributed by atoms with van der Waals surface area (Å²) in [6, 6.07) is 0. The van der Waals surface area contributed by atoms with Crippen molar-refractivity contribution in [2.24, 2.45) is 0 Å². The first-order valence-corrected chi connectivity index (χ1v) is 12.0. The van der Waals surface area contributed by atoms with Crippen LogP contribution in [0.25, 0.3) is 0 Å². The maximum absolute atomic E-state index is 12.0. The molecule has 190 valence electrons. The fourth-order valence-corrected chi connectivity index (χ4v) is 3.63. The van der Waals surface area contributed by atoms with Crippen molar-refractivity contribution in [3.8, 4) is 0 Å². The minimum absolute atomic E-state index is 0.138. The van der Waals surface area contributed by atoms with Crippen molar-refractivity contribution in [1.29, 1.82) is 0 Å². The number of carbonyl (C=O) groups excluding carboxylic acids is 1. The van der Waals surface area contributed by atoms with Crippen molar-refractivity contribution in [2.75, 3.05) is 120 Å². The number of hydrogen-bond donors (Lipinski definition) is 1. The summed E-state index contributed by atoms with van der Waals surface area (Å²) in [6.45, 7) is 13.4. The fourth-order valence-electron chi connectivity index (χ4n) is 3.63. The molecule has 1 saturated heterocycles. The van der Waals surface area contributed by atoms with E-state index in [9.17, 15) is 4.79 Å². The zero-order valence-corrected chi connectivity index (χ0v) is 21.2. The molecule has 0 radical (unpaired) electrons. The Morgan fingerprint density at radius 1 is 0.781 bits per heavy atom. The molecule has 0 aliphatic carbocycles. The number of carbonyl (C=O) groups is 1. The van der Waals surface area contributed by atoms with Crippen LogP contribution in [0.5, 0.6) is 0 Å². The number of hydroxylamine groups is 4. The molecule has 0 atom stereocenters. The van der Waals surface area contributed by atoms with Gasteiger partial charge < -0.3 is 10.1 Å². The standard InChI is InChI=1S/C22H48N6O4/c1-6-30-22(29)21-28-13-8-12-27(18-20-32-25(4)5)16-15-26(17-19-31-24(2)3)11-7-9-23-10-14-28/h23H,6-21H2,1-5H3. The molecule has 10 nitrogen and oxygen atoms in total. The van der Waals surface area contributed by atoms with Crippen molar-refractivity contribution in [3.05, 3.63) is 0 Å². The van der Waals surface area contributed by atoms with E-state index in [4.69, 9.17) is 14.4 Å². The number of hydrogen-bond acceptors (Lipinski definition) is 10. The lowest BCUT2D eigenvalue weighted by atomic mass is 10.3. The Bertz CT molecular complexity index is 470. The van der Waals surface area contributed by atoms with Gasteiger partial charge in [0.1, 0.15) is 0 Å². The second-order valence-electron chi connectivity index (χ2n) is 8.51. The van der Waals surface area contributed by atoms with Gasteiger partial charge in [-0.25, -0.2) is 0 Å². The van der Waals surface area contributed by atoms with E-state index in [0.717, 1.165) is 78.3 Å². The molecule has 0 saturated carbocycles. The molecule has 0 spiro atoms. The van der Waals surface area contributed by atoms with Crippen LogP contribution in [0.4, 0.5) is 0 Å². The molecule has 10 heteroatoms. The zero-order valence-electron chi connectivity index (χ0n) is 21.2. The highest BCUT2D eigenvalue weighted by Crippen LogP contribution is 2.01. The van der Waals surface area contributed by atoms with E-state index < -0.39 is 0 Å². The smallest absolute Gasteiger partial charge is 0.320 e. The zero-order chi connectivity index (χ0) is 23.6. The number of ether oxygens (including phenoxy) is 1. The second kappa shape index (κ2) is 18.6. The topological polar surface area (TPSA) is 73.0 Å². The van der Waals surface area contributed by atoms with E-state index in [0.29, 0.717) is 26.4 Å². The molecule has 0 aromatic carbocycles. The fraction of sp³-hybridized carbons (Fsp3) is 0.955. The van der Waals surface area contributed by atoms with Crippen molar-refractivity contribution in [2.45, 2.75) is 19.8 Å². The van der Waals surface area contributed by atoms with Gasteiger partial charge >= 0.3 is 5.97 Å². The lowest BCUT2D eigenvalue weighted by Crippen LogP contribution is -2.43. The van der Waals surface area contributed by atoms with Crippen LogP contribution in [0.1, 0.15) is 19.8 Å². The predicted octanol–water partition coefficient (Wildman–Crippen LogP) is -0.175. The van der Waals surface area contributed by atoms with Gasteiger partial charge in [-0.3, -0.25) is 29.2 Å². The molecule has 1 rings (SSSR count). The SMILES string of the molecule is CCOC(=O)CN1CCCN(CCON(C)C)CCN(CCON(C)C)CCCNCC1. The van der Waals surface area contributed by atoms with E-state index in [1.165, 1.54) is 0 Å². The number of nitrogens with zero attached hydrogens (tertiary/aromatic N) is 5. The normalized spacial score (nSPS) is 19.3. The van der Waals surface area contributed by atoms with Crippen LogP contribution < -0.4 is 5.32 Å². The minimum Gasteiger partial charge on any atom is -0.465 e. The van der Waals surface area contributed by atoms with Gasteiger partial charge in [0.25, 0.3) is 0 Å². The van der Waals surface area contributed by atoms with E-state index in [1.54, 1.807) is 10.1 Å².